The maximum absolute atomic E-state index is 13.3. The quantitative estimate of drug-likeness (QED) is 0.556. The number of pyridine rings is 1. The molecule has 27 heavy (non-hydrogen) atoms. The summed E-state index contributed by atoms with van der Waals surface area (Å²) in [6, 6.07) is 10.5. The van der Waals surface area contributed by atoms with Gasteiger partial charge in [-0.1, -0.05) is 18.2 Å². The van der Waals surface area contributed by atoms with Crippen LogP contribution in [0.15, 0.2) is 48.7 Å². The predicted octanol–water partition coefficient (Wildman–Crippen LogP) is 4.49. The molecule has 0 saturated carbocycles. The molecule has 0 aliphatic carbocycles. The molecule has 0 unspecified atom stereocenters. The van der Waals surface area contributed by atoms with Crippen LogP contribution in [0.1, 0.15) is 11.3 Å². The second-order valence-corrected chi connectivity index (χ2v) is 5.86. The number of nitrogens with zero attached hydrogens (tertiary/aromatic N) is 4. The lowest BCUT2D eigenvalue weighted by molar-refractivity contribution is -0.137. The first-order valence-corrected chi connectivity index (χ1v) is 8.00. The summed E-state index contributed by atoms with van der Waals surface area (Å²) in [7, 11) is 0. The molecule has 1 aromatic carbocycles. The normalized spacial score (nSPS) is 11.7. The van der Waals surface area contributed by atoms with Crippen LogP contribution in [0.3, 0.4) is 0 Å². The fourth-order valence-corrected chi connectivity index (χ4v) is 2.75. The summed E-state index contributed by atoms with van der Waals surface area (Å²) >= 11 is 0. The van der Waals surface area contributed by atoms with E-state index in [0.717, 1.165) is 11.5 Å². The SMILES string of the molecule is Cc1cc(Nc2n[nH]c3ncccc23)nc(-c2ccccc2C(F)(F)F)n1. The molecule has 3 aromatic heterocycles. The van der Waals surface area contributed by atoms with Gasteiger partial charge in [0, 0.05) is 23.5 Å². The largest absolute Gasteiger partial charge is 0.417 e. The van der Waals surface area contributed by atoms with Gasteiger partial charge < -0.3 is 5.32 Å². The molecule has 0 radical (unpaired) electrons. The summed E-state index contributed by atoms with van der Waals surface area (Å²) in [6.45, 7) is 1.69. The fourth-order valence-electron chi connectivity index (χ4n) is 2.75. The summed E-state index contributed by atoms with van der Waals surface area (Å²) in [4.78, 5) is 12.6. The van der Waals surface area contributed by atoms with Crippen LogP contribution in [0.25, 0.3) is 22.4 Å². The van der Waals surface area contributed by atoms with Gasteiger partial charge in [0.05, 0.1) is 10.9 Å². The molecule has 9 heteroatoms. The minimum atomic E-state index is -4.50. The zero-order valence-electron chi connectivity index (χ0n) is 14.0. The molecule has 0 atom stereocenters. The lowest BCUT2D eigenvalue weighted by Crippen LogP contribution is -2.09. The van der Waals surface area contributed by atoms with Crippen LogP contribution in [0.5, 0.6) is 0 Å². The van der Waals surface area contributed by atoms with E-state index in [1.807, 2.05) is 6.07 Å². The number of aryl methyl sites for hydroxylation is 1. The fraction of sp³-hybridized carbons (Fsp3) is 0.111. The van der Waals surface area contributed by atoms with Crippen molar-refractivity contribution in [2.75, 3.05) is 5.32 Å². The van der Waals surface area contributed by atoms with Gasteiger partial charge in [-0.15, -0.1) is 0 Å². The minimum Gasteiger partial charge on any atom is -0.323 e. The molecule has 0 amide bonds. The Labute approximate surface area is 151 Å². The number of fused-ring (bicyclic) bond motifs is 1. The number of halogens is 3. The second kappa shape index (κ2) is 6.35. The molecule has 0 spiro atoms. The maximum atomic E-state index is 13.3. The summed E-state index contributed by atoms with van der Waals surface area (Å²) in [6.07, 6.45) is -2.87. The van der Waals surface area contributed by atoms with E-state index in [1.54, 1.807) is 25.3 Å². The molecule has 0 fully saturated rings. The van der Waals surface area contributed by atoms with Crippen molar-refractivity contribution in [3.05, 3.63) is 59.9 Å². The highest BCUT2D eigenvalue weighted by atomic mass is 19.4. The average molecular weight is 370 g/mol. The average Bonchev–Trinajstić information content (AvgIpc) is 3.04. The number of rotatable bonds is 3. The van der Waals surface area contributed by atoms with E-state index < -0.39 is 11.7 Å². The van der Waals surface area contributed by atoms with Crippen molar-refractivity contribution in [3.8, 4) is 11.4 Å². The van der Waals surface area contributed by atoms with Crippen LogP contribution in [0.2, 0.25) is 0 Å². The van der Waals surface area contributed by atoms with Gasteiger partial charge >= 0.3 is 6.18 Å². The Morgan fingerprint density at radius 3 is 2.67 bits per heavy atom. The number of hydrogen-bond donors (Lipinski definition) is 2. The van der Waals surface area contributed by atoms with E-state index in [2.05, 4.69) is 30.5 Å². The maximum Gasteiger partial charge on any atom is 0.417 e. The van der Waals surface area contributed by atoms with Crippen molar-refractivity contribution in [3.63, 3.8) is 0 Å². The monoisotopic (exact) mass is 370 g/mol. The number of alkyl halides is 3. The van der Waals surface area contributed by atoms with Gasteiger partial charge in [0.15, 0.2) is 17.3 Å². The van der Waals surface area contributed by atoms with Crippen LogP contribution < -0.4 is 5.32 Å². The van der Waals surface area contributed by atoms with E-state index in [4.69, 9.17) is 0 Å². The zero-order chi connectivity index (χ0) is 19.0. The summed E-state index contributed by atoms with van der Waals surface area (Å²) < 4.78 is 40.0. The van der Waals surface area contributed by atoms with Crippen molar-refractivity contribution < 1.29 is 13.2 Å². The van der Waals surface area contributed by atoms with Gasteiger partial charge in [0.25, 0.3) is 0 Å². The van der Waals surface area contributed by atoms with Crippen LogP contribution in [-0.2, 0) is 6.18 Å². The van der Waals surface area contributed by atoms with E-state index >= 15 is 0 Å². The lowest BCUT2D eigenvalue weighted by atomic mass is 10.1. The van der Waals surface area contributed by atoms with E-state index in [0.29, 0.717) is 23.0 Å². The highest BCUT2D eigenvalue weighted by Gasteiger charge is 2.34. The number of anilines is 2. The zero-order valence-corrected chi connectivity index (χ0v) is 14.0. The highest BCUT2D eigenvalue weighted by Crippen LogP contribution is 2.36. The van der Waals surface area contributed by atoms with Crippen molar-refractivity contribution >= 4 is 22.7 Å². The van der Waals surface area contributed by atoms with Crippen molar-refractivity contribution in [2.24, 2.45) is 0 Å². The Bertz CT molecular complexity index is 1120. The lowest BCUT2D eigenvalue weighted by Gasteiger charge is -2.13. The number of aromatic nitrogens is 5. The van der Waals surface area contributed by atoms with Crippen LogP contribution in [0.4, 0.5) is 24.8 Å². The Kier molecular flexibility index (Phi) is 3.98. The van der Waals surface area contributed by atoms with Crippen LogP contribution >= 0.6 is 0 Å². The first-order chi connectivity index (χ1) is 12.9. The third-order valence-corrected chi connectivity index (χ3v) is 3.91. The second-order valence-electron chi connectivity index (χ2n) is 5.86. The molecule has 0 aliphatic rings. The molecule has 4 rings (SSSR count). The first-order valence-electron chi connectivity index (χ1n) is 8.00. The van der Waals surface area contributed by atoms with Gasteiger partial charge in [0.2, 0.25) is 0 Å². The minimum absolute atomic E-state index is 0.0107. The number of aromatic amines is 1. The van der Waals surface area contributed by atoms with E-state index in [1.165, 1.54) is 18.2 Å². The molecule has 4 aromatic rings. The molecule has 0 aliphatic heterocycles. The van der Waals surface area contributed by atoms with E-state index in [9.17, 15) is 13.2 Å². The van der Waals surface area contributed by atoms with Gasteiger partial charge in [-0.05, 0) is 25.1 Å². The van der Waals surface area contributed by atoms with Gasteiger partial charge in [-0.3, -0.25) is 5.10 Å². The van der Waals surface area contributed by atoms with Crippen molar-refractivity contribution in [1.82, 2.24) is 25.1 Å². The first kappa shape index (κ1) is 17.0. The third kappa shape index (κ3) is 3.31. The Balaban J connectivity index is 1.77. The molecule has 6 nitrogen and oxygen atoms in total. The predicted molar refractivity (Wildman–Crippen MR) is 94.4 cm³/mol. The Morgan fingerprint density at radius 1 is 1.04 bits per heavy atom. The van der Waals surface area contributed by atoms with Crippen molar-refractivity contribution in [2.45, 2.75) is 13.1 Å². The number of hydrogen-bond acceptors (Lipinski definition) is 5. The molecular weight excluding hydrogens is 357 g/mol. The smallest absolute Gasteiger partial charge is 0.323 e. The van der Waals surface area contributed by atoms with Crippen molar-refractivity contribution in [1.29, 1.82) is 0 Å². The molecule has 136 valence electrons. The number of nitrogens with one attached hydrogen (secondary N) is 2. The Hall–Kier alpha value is -3.49. The third-order valence-electron chi connectivity index (χ3n) is 3.91. The van der Waals surface area contributed by atoms with Gasteiger partial charge in [-0.2, -0.15) is 18.3 Å². The Morgan fingerprint density at radius 2 is 1.85 bits per heavy atom. The highest BCUT2D eigenvalue weighted by molar-refractivity contribution is 5.88. The van der Waals surface area contributed by atoms with Gasteiger partial charge in [0.1, 0.15) is 5.82 Å². The molecule has 0 bridgehead atoms. The number of benzene rings is 1. The molecule has 0 saturated heterocycles. The topological polar surface area (TPSA) is 79.4 Å². The van der Waals surface area contributed by atoms with Gasteiger partial charge in [-0.25, -0.2) is 15.0 Å². The molecule has 2 N–H and O–H groups in total. The van der Waals surface area contributed by atoms with E-state index in [-0.39, 0.29) is 11.4 Å². The summed E-state index contributed by atoms with van der Waals surface area (Å²) in [5, 5.41) is 10.7. The van der Waals surface area contributed by atoms with Crippen LogP contribution in [0, 0.1) is 6.92 Å². The summed E-state index contributed by atoms with van der Waals surface area (Å²) in [5.41, 5.74) is 0.257. The number of H-pyrrole nitrogens is 1. The molecule has 3 heterocycles. The summed E-state index contributed by atoms with van der Waals surface area (Å²) in [5.74, 6) is 0.807. The van der Waals surface area contributed by atoms with Crippen LogP contribution in [-0.4, -0.2) is 25.1 Å². The molecular formula is C18H13F3N6. The standard InChI is InChI=1S/C18H13F3N6/c1-10-9-14(25-17-12-6-4-8-22-15(12)26-27-17)24-16(23-10)11-5-2-3-7-13(11)18(19,20)21/h2-9H,1H3,(H2,22,23,24,25,26,27).